The molecule has 5 heteroatoms. The highest BCUT2D eigenvalue weighted by atomic mass is 79.9. The van der Waals surface area contributed by atoms with Gasteiger partial charge in [-0.2, -0.15) is 5.10 Å². The molecule has 0 saturated heterocycles. The van der Waals surface area contributed by atoms with Gasteiger partial charge in [-0.3, -0.25) is 0 Å². The average Bonchev–Trinajstić information content (AvgIpc) is 2.83. The van der Waals surface area contributed by atoms with Crippen molar-refractivity contribution in [2.24, 2.45) is 0 Å². The summed E-state index contributed by atoms with van der Waals surface area (Å²) in [5.41, 5.74) is 4.50. The van der Waals surface area contributed by atoms with Gasteiger partial charge in [0, 0.05) is 10.0 Å². The van der Waals surface area contributed by atoms with Crippen LogP contribution in [-0.2, 0) is 6.61 Å². The molecule has 3 aromatic rings. The zero-order chi connectivity index (χ0) is 13.4. The first-order chi connectivity index (χ1) is 9.19. The van der Waals surface area contributed by atoms with Crippen LogP contribution in [0.15, 0.2) is 41.0 Å². The molecule has 19 heavy (non-hydrogen) atoms. The van der Waals surface area contributed by atoms with Crippen LogP contribution in [-0.4, -0.2) is 19.7 Å². The summed E-state index contributed by atoms with van der Waals surface area (Å²) >= 11 is 3.48. The number of halogens is 1. The van der Waals surface area contributed by atoms with Crippen molar-refractivity contribution in [2.45, 2.75) is 13.5 Å². The number of hydrogen-bond donors (Lipinski definition) is 1. The Hall–Kier alpha value is -1.72. The van der Waals surface area contributed by atoms with Crippen LogP contribution in [0.1, 0.15) is 11.3 Å². The minimum absolute atomic E-state index is 0.0743. The fourth-order valence-corrected chi connectivity index (χ4v) is 2.40. The predicted octanol–water partition coefficient (Wildman–Crippen LogP) is 2.96. The molecular formula is C14H12BrN3O. The summed E-state index contributed by atoms with van der Waals surface area (Å²) < 4.78 is 2.69. The largest absolute Gasteiger partial charge is 0.390 e. The molecule has 0 aliphatic heterocycles. The van der Waals surface area contributed by atoms with Gasteiger partial charge in [0.1, 0.15) is 0 Å². The van der Waals surface area contributed by atoms with Crippen LogP contribution in [0.4, 0.5) is 0 Å². The van der Waals surface area contributed by atoms with Crippen LogP contribution in [0.3, 0.4) is 0 Å². The smallest absolute Gasteiger partial charge is 0.153 e. The molecule has 1 N–H and O–H groups in total. The third-order valence-electron chi connectivity index (χ3n) is 3.07. The van der Waals surface area contributed by atoms with E-state index >= 15 is 0 Å². The second-order valence-electron chi connectivity index (χ2n) is 4.36. The minimum atomic E-state index is -0.0743. The first-order valence-electron chi connectivity index (χ1n) is 5.90. The molecule has 0 aliphatic rings. The van der Waals surface area contributed by atoms with Crippen molar-refractivity contribution in [3.05, 3.63) is 52.3 Å². The highest BCUT2D eigenvalue weighted by Crippen LogP contribution is 2.25. The van der Waals surface area contributed by atoms with E-state index in [0.717, 1.165) is 26.9 Å². The van der Waals surface area contributed by atoms with Gasteiger partial charge in [-0.25, -0.2) is 9.50 Å². The summed E-state index contributed by atoms with van der Waals surface area (Å²) in [5, 5.41) is 13.8. The molecule has 0 unspecified atom stereocenters. The zero-order valence-corrected chi connectivity index (χ0v) is 11.9. The maximum atomic E-state index is 9.28. The molecule has 0 bridgehead atoms. The molecule has 0 radical (unpaired) electrons. The number of imidazole rings is 1. The van der Waals surface area contributed by atoms with Gasteiger partial charge in [-0.1, -0.05) is 22.0 Å². The van der Waals surface area contributed by atoms with Gasteiger partial charge in [-0.05, 0) is 36.8 Å². The van der Waals surface area contributed by atoms with E-state index in [1.807, 2.05) is 30.3 Å². The Bertz CT molecular complexity index is 752. The van der Waals surface area contributed by atoms with E-state index in [4.69, 9.17) is 0 Å². The maximum absolute atomic E-state index is 9.28. The molecule has 2 heterocycles. The summed E-state index contributed by atoms with van der Waals surface area (Å²) in [6.07, 6.45) is 1.64. The number of nitrogens with zero attached hydrogens (tertiary/aromatic N) is 3. The monoisotopic (exact) mass is 317 g/mol. The molecule has 3 rings (SSSR count). The second kappa shape index (κ2) is 4.75. The molecular weight excluding hydrogens is 306 g/mol. The van der Waals surface area contributed by atoms with Crippen LogP contribution in [0.5, 0.6) is 0 Å². The van der Waals surface area contributed by atoms with Gasteiger partial charge < -0.3 is 5.11 Å². The van der Waals surface area contributed by atoms with Gasteiger partial charge in [0.15, 0.2) is 5.65 Å². The molecule has 4 nitrogen and oxygen atoms in total. The van der Waals surface area contributed by atoms with Gasteiger partial charge >= 0.3 is 0 Å². The Labute approximate surface area is 118 Å². The van der Waals surface area contributed by atoms with Crippen molar-refractivity contribution < 1.29 is 5.11 Å². The first-order valence-corrected chi connectivity index (χ1v) is 6.69. The molecule has 96 valence electrons. The summed E-state index contributed by atoms with van der Waals surface area (Å²) in [4.78, 5) is 4.20. The lowest BCUT2D eigenvalue weighted by Gasteiger charge is -2.07. The van der Waals surface area contributed by atoms with Crippen molar-refractivity contribution in [1.29, 1.82) is 0 Å². The number of aliphatic hydroxyl groups excluding tert-OH is 1. The number of hydrogen-bond acceptors (Lipinski definition) is 3. The van der Waals surface area contributed by atoms with Crippen LogP contribution in [0, 0.1) is 6.92 Å². The normalized spacial score (nSPS) is 11.1. The lowest BCUT2D eigenvalue weighted by atomic mass is 10.1. The summed E-state index contributed by atoms with van der Waals surface area (Å²) in [7, 11) is 0. The standard InChI is InChI=1S/C14H12BrN3O/c1-9-2-3-10(15)6-12(9)13-4-5-14-16-7-11(8-19)18(14)17-13/h2-7,19H,8H2,1H3. The van der Waals surface area contributed by atoms with Crippen LogP contribution in [0.25, 0.3) is 16.9 Å². The Balaban J connectivity index is 2.22. The average molecular weight is 318 g/mol. The third-order valence-corrected chi connectivity index (χ3v) is 3.56. The van der Waals surface area contributed by atoms with Crippen LogP contribution >= 0.6 is 15.9 Å². The lowest BCUT2D eigenvalue weighted by Crippen LogP contribution is -1.99. The number of fused-ring (bicyclic) bond motifs is 1. The number of aromatic nitrogens is 3. The second-order valence-corrected chi connectivity index (χ2v) is 5.27. The molecule has 1 aromatic carbocycles. The molecule has 0 atom stereocenters. The highest BCUT2D eigenvalue weighted by molar-refractivity contribution is 9.10. The SMILES string of the molecule is Cc1ccc(Br)cc1-c1ccc2ncc(CO)n2n1. The van der Waals surface area contributed by atoms with E-state index in [-0.39, 0.29) is 6.61 Å². The maximum Gasteiger partial charge on any atom is 0.153 e. The number of aliphatic hydroxyl groups is 1. The lowest BCUT2D eigenvalue weighted by molar-refractivity contribution is 0.274. The molecule has 0 spiro atoms. The molecule has 0 aliphatic carbocycles. The fraction of sp³-hybridized carbons (Fsp3) is 0.143. The fourth-order valence-electron chi connectivity index (χ4n) is 2.04. The first kappa shape index (κ1) is 12.3. The summed E-state index contributed by atoms with van der Waals surface area (Å²) in [6.45, 7) is 1.98. The zero-order valence-electron chi connectivity index (χ0n) is 10.3. The van der Waals surface area contributed by atoms with Gasteiger partial charge in [-0.15, -0.1) is 0 Å². The van der Waals surface area contributed by atoms with Crippen LogP contribution < -0.4 is 0 Å². The Morgan fingerprint density at radius 1 is 1.26 bits per heavy atom. The third kappa shape index (κ3) is 2.15. The summed E-state index contributed by atoms with van der Waals surface area (Å²) in [5.74, 6) is 0. The molecule has 0 fully saturated rings. The van der Waals surface area contributed by atoms with E-state index < -0.39 is 0 Å². The highest BCUT2D eigenvalue weighted by Gasteiger charge is 2.08. The molecule has 0 saturated carbocycles. The number of rotatable bonds is 2. The van der Waals surface area contributed by atoms with E-state index in [1.54, 1.807) is 10.7 Å². The predicted molar refractivity (Wildman–Crippen MR) is 76.8 cm³/mol. The Kier molecular flexibility index (Phi) is 3.08. The number of benzene rings is 1. The topological polar surface area (TPSA) is 50.4 Å². The van der Waals surface area contributed by atoms with Crippen molar-refractivity contribution in [3.8, 4) is 11.3 Å². The van der Waals surface area contributed by atoms with Crippen LogP contribution in [0.2, 0.25) is 0 Å². The summed E-state index contributed by atoms with van der Waals surface area (Å²) in [6, 6.07) is 9.94. The van der Waals surface area contributed by atoms with Crippen molar-refractivity contribution in [3.63, 3.8) is 0 Å². The van der Waals surface area contributed by atoms with Gasteiger partial charge in [0.2, 0.25) is 0 Å². The minimum Gasteiger partial charge on any atom is -0.390 e. The van der Waals surface area contributed by atoms with E-state index in [0.29, 0.717) is 5.69 Å². The quantitative estimate of drug-likeness (QED) is 0.790. The van der Waals surface area contributed by atoms with Crippen molar-refractivity contribution in [1.82, 2.24) is 14.6 Å². The Morgan fingerprint density at radius 2 is 2.11 bits per heavy atom. The van der Waals surface area contributed by atoms with E-state index in [9.17, 15) is 5.11 Å². The Morgan fingerprint density at radius 3 is 2.89 bits per heavy atom. The van der Waals surface area contributed by atoms with Gasteiger partial charge in [0.05, 0.1) is 24.2 Å². The molecule has 0 amide bonds. The van der Waals surface area contributed by atoms with E-state index in [2.05, 4.69) is 32.9 Å². The van der Waals surface area contributed by atoms with Crippen molar-refractivity contribution >= 4 is 21.6 Å². The van der Waals surface area contributed by atoms with Gasteiger partial charge in [0.25, 0.3) is 0 Å². The van der Waals surface area contributed by atoms with E-state index in [1.165, 1.54) is 0 Å². The van der Waals surface area contributed by atoms with Crippen molar-refractivity contribution in [2.75, 3.05) is 0 Å². The number of aryl methyl sites for hydroxylation is 1. The molecule has 2 aromatic heterocycles.